The van der Waals surface area contributed by atoms with E-state index in [0.29, 0.717) is 5.92 Å². The summed E-state index contributed by atoms with van der Waals surface area (Å²) >= 11 is 0. The Morgan fingerprint density at radius 2 is 1.76 bits per heavy atom. The molecule has 0 heterocycles. The number of rotatable bonds is 5. The molecule has 1 aromatic carbocycles. The summed E-state index contributed by atoms with van der Waals surface area (Å²) in [5.74, 6) is 1.53. The molecule has 1 aliphatic carbocycles. The van der Waals surface area contributed by atoms with Crippen molar-refractivity contribution in [1.82, 2.24) is 0 Å². The zero-order valence-electron chi connectivity index (χ0n) is 14.2. The van der Waals surface area contributed by atoms with E-state index in [9.17, 15) is 5.11 Å². The van der Waals surface area contributed by atoms with Gasteiger partial charge in [0.05, 0.1) is 13.2 Å². The maximum Gasteiger partial charge on any atom is 0.122 e. The van der Waals surface area contributed by atoms with Crippen LogP contribution in [0.4, 0.5) is 0 Å². The van der Waals surface area contributed by atoms with Gasteiger partial charge in [0, 0.05) is 5.41 Å². The molecule has 0 aromatic heterocycles. The number of ether oxygens (including phenoxy) is 1. The lowest BCUT2D eigenvalue weighted by molar-refractivity contribution is 0.0107. The molecule has 0 spiro atoms. The van der Waals surface area contributed by atoms with E-state index in [1.807, 2.05) is 0 Å². The van der Waals surface area contributed by atoms with Crippen LogP contribution in [0.2, 0.25) is 0 Å². The molecule has 2 nitrogen and oxygen atoms in total. The molecule has 0 bridgehead atoms. The Morgan fingerprint density at radius 1 is 1.14 bits per heavy atom. The van der Waals surface area contributed by atoms with Gasteiger partial charge in [-0.2, -0.15) is 0 Å². The maximum atomic E-state index is 11.1. The summed E-state index contributed by atoms with van der Waals surface area (Å²) in [5.41, 5.74) is 3.41. The van der Waals surface area contributed by atoms with E-state index in [2.05, 4.69) is 39.8 Å². The van der Waals surface area contributed by atoms with E-state index in [1.165, 1.54) is 12.8 Å². The van der Waals surface area contributed by atoms with Crippen molar-refractivity contribution < 1.29 is 9.84 Å². The highest BCUT2D eigenvalue weighted by molar-refractivity contribution is 5.43. The lowest BCUT2D eigenvalue weighted by Crippen LogP contribution is -2.28. The second kappa shape index (κ2) is 6.39. The van der Waals surface area contributed by atoms with Crippen molar-refractivity contribution >= 4 is 0 Å². The van der Waals surface area contributed by atoms with E-state index in [1.54, 1.807) is 7.11 Å². The Morgan fingerprint density at radius 3 is 2.29 bits per heavy atom. The second-order valence-corrected chi connectivity index (χ2v) is 7.25. The average Bonchev–Trinajstić information content (AvgIpc) is 2.89. The molecule has 0 saturated heterocycles. The molecule has 118 valence electrons. The van der Waals surface area contributed by atoms with Gasteiger partial charge in [0.25, 0.3) is 0 Å². The minimum absolute atomic E-state index is 0.0694. The Balaban J connectivity index is 2.37. The first-order valence-electron chi connectivity index (χ1n) is 8.23. The topological polar surface area (TPSA) is 29.5 Å². The largest absolute Gasteiger partial charge is 0.496 e. The molecule has 1 fully saturated rings. The van der Waals surface area contributed by atoms with Gasteiger partial charge in [-0.05, 0) is 67.9 Å². The van der Waals surface area contributed by atoms with Crippen LogP contribution in [0.25, 0.3) is 0 Å². The highest BCUT2D eigenvalue weighted by atomic mass is 16.5. The Kier molecular flexibility index (Phi) is 4.98. The van der Waals surface area contributed by atoms with Gasteiger partial charge in [-0.25, -0.2) is 0 Å². The number of hydrogen-bond acceptors (Lipinski definition) is 2. The van der Waals surface area contributed by atoms with Gasteiger partial charge in [-0.3, -0.25) is 0 Å². The SMILES string of the molecule is COc1cc(C)c(C(O)C2(CC(C)C)CCCC2)cc1C. The van der Waals surface area contributed by atoms with Crippen molar-refractivity contribution in [2.45, 2.75) is 65.9 Å². The first-order valence-corrected chi connectivity index (χ1v) is 8.23. The van der Waals surface area contributed by atoms with Gasteiger partial charge in [0.15, 0.2) is 0 Å². The molecule has 1 saturated carbocycles. The average molecular weight is 290 g/mol. The predicted octanol–water partition coefficient (Wildman–Crippen LogP) is 4.95. The number of methoxy groups -OCH3 is 1. The molecule has 1 aromatic rings. The number of benzene rings is 1. The van der Waals surface area contributed by atoms with Gasteiger partial charge in [0.2, 0.25) is 0 Å². The summed E-state index contributed by atoms with van der Waals surface area (Å²) in [6, 6.07) is 4.19. The van der Waals surface area contributed by atoms with Gasteiger partial charge >= 0.3 is 0 Å². The normalized spacial score (nSPS) is 19.0. The molecular weight excluding hydrogens is 260 g/mol. The van der Waals surface area contributed by atoms with E-state index in [4.69, 9.17) is 4.74 Å². The quantitative estimate of drug-likeness (QED) is 0.831. The summed E-state index contributed by atoms with van der Waals surface area (Å²) < 4.78 is 5.39. The summed E-state index contributed by atoms with van der Waals surface area (Å²) in [5, 5.41) is 11.1. The van der Waals surface area contributed by atoms with E-state index >= 15 is 0 Å². The highest BCUT2D eigenvalue weighted by Gasteiger charge is 2.42. The molecule has 0 radical (unpaired) electrons. The number of aryl methyl sites for hydroxylation is 2. The van der Waals surface area contributed by atoms with Gasteiger partial charge < -0.3 is 9.84 Å². The van der Waals surface area contributed by atoms with E-state index < -0.39 is 0 Å². The fourth-order valence-electron chi connectivity index (χ4n) is 4.14. The van der Waals surface area contributed by atoms with Crippen LogP contribution in [-0.2, 0) is 0 Å². The number of aliphatic hydroxyl groups excluding tert-OH is 1. The van der Waals surface area contributed by atoms with Gasteiger partial charge in [0.1, 0.15) is 5.75 Å². The first-order chi connectivity index (χ1) is 9.89. The second-order valence-electron chi connectivity index (χ2n) is 7.25. The maximum absolute atomic E-state index is 11.1. The molecule has 1 aliphatic rings. The fraction of sp³-hybridized carbons (Fsp3) is 0.684. The molecule has 0 aliphatic heterocycles. The van der Waals surface area contributed by atoms with Crippen LogP contribution in [0.3, 0.4) is 0 Å². The van der Waals surface area contributed by atoms with Crippen LogP contribution in [0.15, 0.2) is 12.1 Å². The summed E-state index contributed by atoms with van der Waals surface area (Å²) in [7, 11) is 1.70. The predicted molar refractivity (Wildman–Crippen MR) is 87.8 cm³/mol. The molecule has 0 amide bonds. The molecule has 1 atom stereocenters. The smallest absolute Gasteiger partial charge is 0.122 e. The van der Waals surface area contributed by atoms with Crippen molar-refractivity contribution in [1.29, 1.82) is 0 Å². The Bertz CT molecular complexity index is 485. The van der Waals surface area contributed by atoms with Crippen molar-refractivity contribution in [2.75, 3.05) is 7.11 Å². The third-order valence-electron chi connectivity index (χ3n) is 5.07. The first kappa shape index (κ1) is 16.4. The Hall–Kier alpha value is -1.02. The summed E-state index contributed by atoms with van der Waals surface area (Å²) in [6.45, 7) is 8.66. The van der Waals surface area contributed by atoms with E-state index in [0.717, 1.165) is 41.7 Å². The molecule has 1 N–H and O–H groups in total. The summed E-state index contributed by atoms with van der Waals surface area (Å²) in [6.07, 6.45) is 5.55. The molecule has 2 rings (SSSR count). The van der Waals surface area contributed by atoms with Crippen LogP contribution in [0.1, 0.15) is 68.7 Å². The zero-order valence-corrected chi connectivity index (χ0v) is 14.2. The highest BCUT2D eigenvalue weighted by Crippen LogP contribution is 2.52. The van der Waals surface area contributed by atoms with Gasteiger partial charge in [-0.15, -0.1) is 0 Å². The van der Waals surface area contributed by atoms with Crippen LogP contribution >= 0.6 is 0 Å². The number of hydrogen-bond donors (Lipinski definition) is 1. The lowest BCUT2D eigenvalue weighted by Gasteiger charge is -2.37. The zero-order chi connectivity index (χ0) is 15.6. The lowest BCUT2D eigenvalue weighted by atomic mass is 9.71. The molecule has 1 unspecified atom stereocenters. The molecular formula is C19H30O2. The third kappa shape index (κ3) is 3.26. The third-order valence-corrected chi connectivity index (χ3v) is 5.07. The van der Waals surface area contributed by atoms with Gasteiger partial charge in [-0.1, -0.05) is 26.7 Å². The van der Waals surface area contributed by atoms with Crippen molar-refractivity contribution in [3.8, 4) is 5.75 Å². The fourth-order valence-corrected chi connectivity index (χ4v) is 4.14. The Labute approximate surface area is 129 Å². The molecule has 21 heavy (non-hydrogen) atoms. The van der Waals surface area contributed by atoms with Crippen LogP contribution in [0.5, 0.6) is 5.75 Å². The monoisotopic (exact) mass is 290 g/mol. The van der Waals surface area contributed by atoms with Crippen LogP contribution < -0.4 is 4.74 Å². The standard InChI is InChI=1S/C19H30O2/c1-13(2)12-19(8-6-7-9-19)18(20)16-10-15(4)17(21-5)11-14(16)3/h10-11,13,18,20H,6-9,12H2,1-5H3. The van der Waals surface area contributed by atoms with Crippen molar-refractivity contribution in [3.05, 3.63) is 28.8 Å². The number of aliphatic hydroxyl groups is 1. The van der Waals surface area contributed by atoms with Crippen molar-refractivity contribution in [3.63, 3.8) is 0 Å². The van der Waals surface area contributed by atoms with Crippen molar-refractivity contribution in [2.24, 2.45) is 11.3 Å². The minimum atomic E-state index is -0.355. The molecule has 2 heteroatoms. The van der Waals surface area contributed by atoms with Crippen LogP contribution in [-0.4, -0.2) is 12.2 Å². The van der Waals surface area contributed by atoms with E-state index in [-0.39, 0.29) is 11.5 Å². The summed E-state index contributed by atoms with van der Waals surface area (Å²) in [4.78, 5) is 0. The van der Waals surface area contributed by atoms with Crippen LogP contribution in [0, 0.1) is 25.2 Å². The minimum Gasteiger partial charge on any atom is -0.496 e.